The highest BCUT2D eigenvalue weighted by atomic mass is 16.2. The summed E-state index contributed by atoms with van der Waals surface area (Å²) in [6, 6.07) is 13.2. The minimum atomic E-state index is -0.257. The van der Waals surface area contributed by atoms with Crippen LogP contribution in [0.25, 0.3) is 0 Å². The van der Waals surface area contributed by atoms with Crippen molar-refractivity contribution in [3.05, 3.63) is 94.7 Å². The Labute approximate surface area is 245 Å². The lowest BCUT2D eigenvalue weighted by molar-refractivity contribution is -0.425. The summed E-state index contributed by atoms with van der Waals surface area (Å²) in [6.45, 7) is 18.9. The van der Waals surface area contributed by atoms with Gasteiger partial charge in [-0.2, -0.15) is 4.58 Å². The molecule has 0 radical (unpaired) electrons. The maximum atomic E-state index is 12.9. The van der Waals surface area contributed by atoms with Crippen molar-refractivity contribution in [3.8, 4) is 0 Å². The van der Waals surface area contributed by atoms with Gasteiger partial charge >= 0.3 is 0 Å². The largest absolute Gasteiger partial charge is 0.355 e. The topological polar surface area (TPSA) is 64.5 Å². The Hall–Kier alpha value is -3.93. The van der Waals surface area contributed by atoms with Crippen LogP contribution in [0.5, 0.6) is 0 Å². The summed E-state index contributed by atoms with van der Waals surface area (Å²) in [5.74, 6) is -0.184. The normalized spacial score (nSPS) is 18.0. The average molecular weight is 554 g/mol. The number of nitrogens with zero attached hydrogens (tertiary/aromatic N) is 2. The third kappa shape index (κ3) is 6.07. The van der Waals surface area contributed by atoms with E-state index in [1.807, 2.05) is 0 Å². The molecule has 0 spiro atoms. The van der Waals surface area contributed by atoms with Crippen LogP contribution in [0.1, 0.15) is 63.8 Å². The van der Waals surface area contributed by atoms with Crippen LogP contribution in [0.3, 0.4) is 0 Å². The van der Waals surface area contributed by atoms with E-state index in [-0.39, 0.29) is 29.2 Å². The lowest BCUT2D eigenvalue weighted by Gasteiger charge is -2.25. The molecule has 0 aliphatic carbocycles. The minimum absolute atomic E-state index is 0.0722. The number of hydrogen-bond donors (Lipinski definition) is 2. The van der Waals surface area contributed by atoms with Crippen LogP contribution >= 0.6 is 0 Å². The summed E-state index contributed by atoms with van der Waals surface area (Å²) >= 11 is 0. The second-order valence-electron chi connectivity index (χ2n) is 12.1. The van der Waals surface area contributed by atoms with Crippen molar-refractivity contribution in [2.24, 2.45) is 0 Å². The van der Waals surface area contributed by atoms with Gasteiger partial charge in [0.1, 0.15) is 0 Å². The Morgan fingerprint density at radius 3 is 2.22 bits per heavy atom. The minimum Gasteiger partial charge on any atom is -0.355 e. The van der Waals surface area contributed by atoms with E-state index in [2.05, 4.69) is 135 Å². The molecule has 6 heteroatoms. The summed E-state index contributed by atoms with van der Waals surface area (Å²) in [7, 11) is 0. The molecule has 0 fully saturated rings. The Morgan fingerprint density at radius 1 is 0.878 bits per heavy atom. The Kier molecular flexibility index (Phi) is 8.71. The molecule has 0 bridgehead atoms. The molecule has 4 rings (SSSR count). The van der Waals surface area contributed by atoms with E-state index in [4.69, 9.17) is 0 Å². The molecule has 2 amide bonds. The van der Waals surface area contributed by atoms with Gasteiger partial charge < -0.3 is 15.5 Å². The Bertz CT molecular complexity index is 1470. The SMILES string of the molecule is CCN1C(=CC=CC=CC2=[N+](CC(=O)NCCNC(C)=O)c3ccc(C)cc3C2(C)C)C(C)(C)c2cc(C)ccc21. The number of anilines is 1. The number of carbonyl (C=O) groups is 2. The molecular formula is C35H45N4O2+. The van der Waals surface area contributed by atoms with E-state index in [0.29, 0.717) is 13.1 Å². The predicted octanol–water partition coefficient (Wildman–Crippen LogP) is 5.75. The highest BCUT2D eigenvalue weighted by Crippen LogP contribution is 2.47. The van der Waals surface area contributed by atoms with Gasteiger partial charge in [-0.1, -0.05) is 61.4 Å². The van der Waals surface area contributed by atoms with E-state index < -0.39 is 0 Å². The molecule has 2 aromatic rings. The fraction of sp³-hybridized carbons (Fsp3) is 0.400. The fourth-order valence-corrected chi connectivity index (χ4v) is 6.09. The van der Waals surface area contributed by atoms with Gasteiger partial charge in [0.15, 0.2) is 5.71 Å². The number of nitrogens with one attached hydrogen (secondary N) is 2. The maximum Gasteiger partial charge on any atom is 0.286 e. The number of rotatable bonds is 9. The van der Waals surface area contributed by atoms with Crippen molar-refractivity contribution in [2.75, 3.05) is 31.1 Å². The van der Waals surface area contributed by atoms with Gasteiger partial charge in [-0.05, 0) is 58.4 Å². The molecule has 41 heavy (non-hydrogen) atoms. The van der Waals surface area contributed by atoms with Gasteiger partial charge in [-0.15, -0.1) is 0 Å². The predicted molar refractivity (Wildman–Crippen MR) is 169 cm³/mol. The molecule has 2 aromatic carbocycles. The Balaban J connectivity index is 1.59. The quantitative estimate of drug-likeness (QED) is 0.236. The molecule has 0 saturated heterocycles. The first-order valence-electron chi connectivity index (χ1n) is 14.6. The van der Waals surface area contributed by atoms with Crippen molar-refractivity contribution in [1.29, 1.82) is 0 Å². The summed E-state index contributed by atoms with van der Waals surface area (Å²) in [4.78, 5) is 26.5. The zero-order valence-electron chi connectivity index (χ0n) is 25.9. The van der Waals surface area contributed by atoms with Gasteiger partial charge in [0.05, 0.1) is 5.41 Å². The highest BCUT2D eigenvalue weighted by molar-refractivity contribution is 6.03. The van der Waals surface area contributed by atoms with E-state index >= 15 is 0 Å². The number of hydrogen-bond acceptors (Lipinski definition) is 3. The molecule has 0 saturated carbocycles. The Morgan fingerprint density at radius 2 is 1.54 bits per heavy atom. The van der Waals surface area contributed by atoms with Crippen molar-refractivity contribution >= 4 is 28.9 Å². The summed E-state index contributed by atoms with van der Waals surface area (Å²) < 4.78 is 2.11. The van der Waals surface area contributed by atoms with E-state index in [1.54, 1.807) is 0 Å². The van der Waals surface area contributed by atoms with Gasteiger partial charge in [0.2, 0.25) is 18.1 Å². The smallest absolute Gasteiger partial charge is 0.286 e. The standard InChI is InChI=1S/C35H44N4O2/c1-9-38-29-17-15-24(2)21-27(29)34(5,6)31(38)13-11-10-12-14-32-35(7,8)28-22-25(3)16-18-30(28)39(32)23-33(41)37-20-19-36-26(4)40/h10-18,21-22H,9,19-20,23H2,1-8H3,(H-,36,37,40,41)/p+1. The molecule has 0 atom stereocenters. The second kappa shape index (κ2) is 11.9. The number of carbonyl (C=O) groups excluding carboxylic acids is 2. The number of benzene rings is 2. The van der Waals surface area contributed by atoms with Gasteiger partial charge in [-0.25, -0.2) is 0 Å². The fourth-order valence-electron chi connectivity index (χ4n) is 6.09. The molecule has 0 aromatic heterocycles. The van der Waals surface area contributed by atoms with Crippen molar-refractivity contribution in [2.45, 2.75) is 66.2 Å². The molecule has 2 heterocycles. The van der Waals surface area contributed by atoms with Crippen molar-refractivity contribution in [3.63, 3.8) is 0 Å². The van der Waals surface area contributed by atoms with E-state index in [0.717, 1.165) is 17.9 Å². The third-order valence-electron chi connectivity index (χ3n) is 8.26. The summed E-state index contributed by atoms with van der Waals surface area (Å²) in [5.41, 5.74) is 9.46. The van der Waals surface area contributed by atoms with Gasteiger partial charge in [0.25, 0.3) is 5.91 Å². The number of allylic oxidation sites excluding steroid dienone is 6. The van der Waals surface area contributed by atoms with Crippen molar-refractivity contribution in [1.82, 2.24) is 10.6 Å². The van der Waals surface area contributed by atoms with Gasteiger partial charge in [-0.3, -0.25) is 9.59 Å². The average Bonchev–Trinajstić information content (AvgIpc) is 3.24. The number of aryl methyl sites for hydroxylation is 2. The highest BCUT2D eigenvalue weighted by Gasteiger charge is 2.45. The number of amides is 2. The second-order valence-corrected chi connectivity index (χ2v) is 12.1. The van der Waals surface area contributed by atoms with E-state index in [1.165, 1.54) is 40.6 Å². The van der Waals surface area contributed by atoms with E-state index in [9.17, 15) is 9.59 Å². The molecular weight excluding hydrogens is 508 g/mol. The zero-order chi connectivity index (χ0) is 29.9. The summed E-state index contributed by atoms with van der Waals surface area (Å²) in [5, 5.41) is 5.65. The molecule has 6 nitrogen and oxygen atoms in total. The molecule has 2 N–H and O–H groups in total. The zero-order valence-corrected chi connectivity index (χ0v) is 25.9. The van der Waals surface area contributed by atoms with Crippen LogP contribution in [0.4, 0.5) is 11.4 Å². The summed E-state index contributed by atoms with van der Waals surface area (Å²) in [6.07, 6.45) is 10.6. The van der Waals surface area contributed by atoms with Crippen LogP contribution in [0, 0.1) is 13.8 Å². The monoisotopic (exact) mass is 553 g/mol. The van der Waals surface area contributed by atoms with Crippen LogP contribution in [-0.2, 0) is 20.4 Å². The third-order valence-corrected chi connectivity index (χ3v) is 8.26. The molecule has 0 unspecified atom stereocenters. The first-order valence-corrected chi connectivity index (χ1v) is 14.6. The van der Waals surface area contributed by atoms with Crippen molar-refractivity contribution < 1.29 is 14.2 Å². The van der Waals surface area contributed by atoms with Crippen LogP contribution in [-0.4, -0.2) is 48.3 Å². The first kappa shape index (κ1) is 30.0. The van der Waals surface area contributed by atoms with Crippen LogP contribution in [0.15, 0.2) is 72.5 Å². The number of likely N-dealkylation sites (N-methyl/N-ethyl adjacent to an activating group) is 1. The molecule has 2 aliphatic rings. The van der Waals surface area contributed by atoms with Crippen LogP contribution in [0.2, 0.25) is 0 Å². The maximum absolute atomic E-state index is 12.9. The number of fused-ring (bicyclic) bond motifs is 2. The lowest BCUT2D eigenvalue weighted by atomic mass is 9.81. The molecule has 2 aliphatic heterocycles. The lowest BCUT2D eigenvalue weighted by Crippen LogP contribution is -2.38. The molecule has 216 valence electrons. The van der Waals surface area contributed by atoms with Crippen LogP contribution < -0.4 is 15.5 Å². The van der Waals surface area contributed by atoms with Gasteiger partial charge in [0, 0.05) is 61.1 Å². The first-order chi connectivity index (χ1) is 19.4.